The van der Waals surface area contributed by atoms with Gasteiger partial charge in [0.05, 0.1) is 28.9 Å². The smallest absolute Gasteiger partial charge is 0.324 e. The minimum atomic E-state index is -0.00689. The van der Waals surface area contributed by atoms with E-state index in [9.17, 15) is 4.79 Å². The molecule has 2 amide bonds. The van der Waals surface area contributed by atoms with Crippen LogP contribution in [0.15, 0.2) is 12.1 Å². The Morgan fingerprint density at radius 2 is 2.28 bits per heavy atom. The second-order valence-corrected chi connectivity index (χ2v) is 8.36. The van der Waals surface area contributed by atoms with E-state index in [2.05, 4.69) is 30.1 Å². The van der Waals surface area contributed by atoms with Crippen LogP contribution in [-0.2, 0) is 6.42 Å². The van der Waals surface area contributed by atoms with Gasteiger partial charge in [0.1, 0.15) is 5.75 Å². The summed E-state index contributed by atoms with van der Waals surface area (Å²) in [7, 11) is 0. The highest BCUT2D eigenvalue weighted by atomic mass is 32.1. The molecule has 2 atom stereocenters. The lowest BCUT2D eigenvalue weighted by molar-refractivity contribution is 0.158. The summed E-state index contributed by atoms with van der Waals surface area (Å²) >= 11 is 1.61. The lowest BCUT2D eigenvalue weighted by atomic mass is 9.99. The number of thiazole rings is 1. The molecular weight excluding hydrogens is 336 g/mol. The first kappa shape index (κ1) is 15.4. The van der Waals surface area contributed by atoms with Crippen LogP contribution in [0, 0.1) is 0 Å². The molecule has 6 nitrogen and oxygen atoms in total. The molecule has 2 fully saturated rings. The molecule has 0 unspecified atom stereocenters. The van der Waals surface area contributed by atoms with Crippen molar-refractivity contribution in [3.05, 3.63) is 17.7 Å². The molecule has 4 heterocycles. The number of amides is 2. The Labute approximate surface area is 150 Å². The molecule has 3 aliphatic rings. The molecule has 0 radical (unpaired) electrons. The Morgan fingerprint density at radius 1 is 1.40 bits per heavy atom. The van der Waals surface area contributed by atoms with Crippen molar-refractivity contribution < 1.29 is 9.53 Å². The summed E-state index contributed by atoms with van der Waals surface area (Å²) < 4.78 is 6.79. The van der Waals surface area contributed by atoms with Crippen LogP contribution in [0.3, 0.4) is 0 Å². The standard InChI is InChI=1S/C18H22N4O2S/c1-10(2)21-7-5-12-13(9-21)22(17(23)19-12)18-20-16-11-6-8-24-14(11)3-4-15(16)25-18/h3-4,10,12-13H,5-9H2,1-2H3,(H,19,23)/t12-,13+/m1/s1. The van der Waals surface area contributed by atoms with Gasteiger partial charge in [0.2, 0.25) is 0 Å². The van der Waals surface area contributed by atoms with Crippen molar-refractivity contribution in [3.8, 4) is 5.75 Å². The summed E-state index contributed by atoms with van der Waals surface area (Å²) in [5.41, 5.74) is 2.19. The van der Waals surface area contributed by atoms with Crippen LogP contribution >= 0.6 is 11.3 Å². The average Bonchev–Trinajstić information content (AvgIpc) is 3.28. The molecule has 1 aromatic heterocycles. The first-order chi connectivity index (χ1) is 12.1. The van der Waals surface area contributed by atoms with E-state index >= 15 is 0 Å². The Morgan fingerprint density at radius 3 is 3.12 bits per heavy atom. The first-order valence-electron chi connectivity index (χ1n) is 9.01. The number of piperidine rings is 1. The zero-order valence-electron chi connectivity index (χ0n) is 14.5. The third-order valence-electron chi connectivity index (χ3n) is 5.63. The van der Waals surface area contributed by atoms with Crippen LogP contribution in [-0.4, -0.2) is 53.7 Å². The van der Waals surface area contributed by atoms with E-state index in [1.54, 1.807) is 11.3 Å². The lowest BCUT2D eigenvalue weighted by Gasteiger charge is -2.38. The summed E-state index contributed by atoms with van der Waals surface area (Å²) in [6.07, 6.45) is 1.90. The molecule has 2 aromatic rings. The number of fused-ring (bicyclic) bond motifs is 4. The van der Waals surface area contributed by atoms with Gasteiger partial charge in [-0.05, 0) is 32.4 Å². The van der Waals surface area contributed by atoms with Crippen molar-refractivity contribution >= 4 is 32.7 Å². The number of benzene rings is 1. The second kappa shape index (κ2) is 5.57. The first-order valence-corrected chi connectivity index (χ1v) is 9.82. The van der Waals surface area contributed by atoms with Crippen LogP contribution in [0.1, 0.15) is 25.8 Å². The fraction of sp³-hybridized carbons (Fsp3) is 0.556. The number of rotatable bonds is 2. The minimum Gasteiger partial charge on any atom is -0.493 e. The highest BCUT2D eigenvalue weighted by Gasteiger charge is 2.45. The van der Waals surface area contributed by atoms with Crippen molar-refractivity contribution in [2.24, 2.45) is 0 Å². The maximum atomic E-state index is 12.7. The number of aromatic nitrogens is 1. The predicted octanol–water partition coefficient (Wildman–Crippen LogP) is 2.61. The number of carbonyl (C=O) groups excluding carboxylic acids is 1. The summed E-state index contributed by atoms with van der Waals surface area (Å²) in [6, 6.07) is 4.97. The molecule has 2 saturated heterocycles. The number of ether oxygens (including phenoxy) is 1. The highest BCUT2D eigenvalue weighted by molar-refractivity contribution is 7.22. The molecule has 25 heavy (non-hydrogen) atoms. The van der Waals surface area contributed by atoms with Gasteiger partial charge in [-0.25, -0.2) is 9.78 Å². The zero-order valence-corrected chi connectivity index (χ0v) is 15.3. The van der Waals surface area contributed by atoms with Crippen molar-refractivity contribution in [2.45, 2.75) is 44.8 Å². The van der Waals surface area contributed by atoms with E-state index in [4.69, 9.17) is 9.72 Å². The Hall–Kier alpha value is -1.86. The van der Waals surface area contributed by atoms with Gasteiger partial charge in [-0.1, -0.05) is 11.3 Å². The van der Waals surface area contributed by atoms with Gasteiger partial charge in [-0.2, -0.15) is 0 Å². The Kier molecular flexibility index (Phi) is 3.43. The number of carbonyl (C=O) groups is 1. The van der Waals surface area contributed by atoms with Gasteiger partial charge in [0, 0.05) is 31.1 Å². The van der Waals surface area contributed by atoms with Crippen molar-refractivity contribution in [3.63, 3.8) is 0 Å². The number of nitrogens with zero attached hydrogens (tertiary/aromatic N) is 3. The molecule has 7 heteroatoms. The van der Waals surface area contributed by atoms with E-state index in [0.29, 0.717) is 6.04 Å². The molecule has 0 spiro atoms. The van der Waals surface area contributed by atoms with Gasteiger partial charge < -0.3 is 10.1 Å². The largest absolute Gasteiger partial charge is 0.493 e. The van der Waals surface area contributed by atoms with Crippen LogP contribution in [0.25, 0.3) is 10.2 Å². The van der Waals surface area contributed by atoms with Gasteiger partial charge in [-0.3, -0.25) is 9.80 Å². The zero-order chi connectivity index (χ0) is 17.1. The third-order valence-corrected chi connectivity index (χ3v) is 6.65. The van der Waals surface area contributed by atoms with Crippen LogP contribution in [0.2, 0.25) is 0 Å². The molecule has 0 saturated carbocycles. The molecule has 3 aliphatic heterocycles. The van der Waals surface area contributed by atoms with Crippen molar-refractivity contribution in [2.75, 3.05) is 24.6 Å². The predicted molar refractivity (Wildman–Crippen MR) is 98.7 cm³/mol. The maximum absolute atomic E-state index is 12.7. The summed E-state index contributed by atoms with van der Waals surface area (Å²) in [5.74, 6) is 0.941. The fourth-order valence-electron chi connectivity index (χ4n) is 4.22. The second-order valence-electron chi connectivity index (χ2n) is 7.35. The molecule has 0 bridgehead atoms. The summed E-state index contributed by atoms with van der Waals surface area (Å²) in [6.45, 7) is 7.10. The summed E-state index contributed by atoms with van der Waals surface area (Å²) in [4.78, 5) is 21.9. The van der Waals surface area contributed by atoms with Crippen molar-refractivity contribution in [1.82, 2.24) is 15.2 Å². The van der Waals surface area contributed by atoms with E-state index in [1.165, 1.54) is 5.56 Å². The quantitative estimate of drug-likeness (QED) is 0.897. The van der Waals surface area contributed by atoms with E-state index < -0.39 is 0 Å². The molecule has 0 aliphatic carbocycles. The topological polar surface area (TPSA) is 57.7 Å². The Balaban J connectivity index is 1.53. The van der Waals surface area contributed by atoms with Gasteiger partial charge in [0.25, 0.3) is 0 Å². The van der Waals surface area contributed by atoms with Gasteiger partial charge in [-0.15, -0.1) is 0 Å². The third kappa shape index (κ3) is 2.33. The van der Waals surface area contributed by atoms with Gasteiger partial charge in [0.15, 0.2) is 5.13 Å². The number of urea groups is 1. The monoisotopic (exact) mass is 358 g/mol. The number of nitrogens with one attached hydrogen (secondary N) is 1. The van der Waals surface area contributed by atoms with Crippen LogP contribution in [0.4, 0.5) is 9.93 Å². The van der Waals surface area contributed by atoms with Gasteiger partial charge >= 0.3 is 6.03 Å². The summed E-state index contributed by atoms with van der Waals surface area (Å²) in [5, 5.41) is 3.97. The number of anilines is 1. The molecule has 1 N–H and O–H groups in total. The van der Waals surface area contributed by atoms with E-state index in [0.717, 1.165) is 53.6 Å². The SMILES string of the molecule is CC(C)N1CC[C@H]2NC(=O)N(c3nc4c5c(ccc4s3)OCC5)[C@H]2C1. The van der Waals surface area contributed by atoms with Crippen LogP contribution < -0.4 is 15.0 Å². The molecular formula is C18H22N4O2S. The normalized spacial score (nSPS) is 26.0. The average molecular weight is 358 g/mol. The Bertz CT molecular complexity index is 849. The van der Waals surface area contributed by atoms with E-state index in [1.807, 2.05) is 11.0 Å². The maximum Gasteiger partial charge on any atom is 0.324 e. The minimum absolute atomic E-state index is 0.00689. The molecule has 1 aromatic carbocycles. The number of hydrogen-bond acceptors (Lipinski definition) is 5. The lowest BCUT2D eigenvalue weighted by Crippen LogP contribution is -2.53. The number of likely N-dealkylation sites (tertiary alicyclic amines) is 1. The molecule has 132 valence electrons. The molecule has 5 rings (SSSR count). The van der Waals surface area contributed by atoms with Crippen LogP contribution in [0.5, 0.6) is 5.75 Å². The fourth-order valence-corrected chi connectivity index (χ4v) is 5.28. The van der Waals surface area contributed by atoms with E-state index in [-0.39, 0.29) is 18.1 Å². The number of hydrogen-bond donors (Lipinski definition) is 1. The van der Waals surface area contributed by atoms with Crippen molar-refractivity contribution in [1.29, 1.82) is 0 Å². The highest BCUT2D eigenvalue weighted by Crippen LogP contribution is 2.39.